The predicted octanol–water partition coefficient (Wildman–Crippen LogP) is 6.04. The Morgan fingerprint density at radius 3 is 2.36 bits per heavy atom. The number of rotatable bonds is 11. The predicted molar refractivity (Wildman–Crippen MR) is 156 cm³/mol. The fraction of sp³-hybridized carbons (Fsp3) is 0.300. The van der Waals surface area contributed by atoms with Crippen LogP contribution in [0, 0.1) is 0 Å². The molecule has 1 N–H and O–H groups in total. The monoisotopic (exact) mass is 601 g/mol. The highest BCUT2D eigenvalue weighted by atomic mass is 32.1. The van der Waals surface area contributed by atoms with Gasteiger partial charge in [0, 0.05) is 12.2 Å². The Labute approximate surface area is 247 Å². The van der Waals surface area contributed by atoms with E-state index >= 15 is 0 Å². The number of hydrogen-bond acceptors (Lipinski definition) is 6. The van der Waals surface area contributed by atoms with Crippen molar-refractivity contribution < 1.29 is 37.0 Å². The van der Waals surface area contributed by atoms with Crippen LogP contribution in [0.4, 0.5) is 24.5 Å². The molecule has 42 heavy (non-hydrogen) atoms. The average Bonchev–Trinajstić information content (AvgIpc) is 3.20. The number of nitrogens with zero attached hydrogens (tertiary/aromatic N) is 2. The number of benzene rings is 3. The van der Waals surface area contributed by atoms with Crippen molar-refractivity contribution in [3.63, 3.8) is 0 Å². The van der Waals surface area contributed by atoms with E-state index in [1.54, 1.807) is 42.5 Å². The number of anilines is 2. The zero-order chi connectivity index (χ0) is 30.4. The highest BCUT2D eigenvalue weighted by Crippen LogP contribution is 2.35. The van der Waals surface area contributed by atoms with E-state index in [1.165, 1.54) is 31.3 Å². The lowest BCUT2D eigenvalue weighted by Crippen LogP contribution is -2.37. The molecule has 1 heterocycles. The van der Waals surface area contributed by atoms with Gasteiger partial charge in [-0.2, -0.15) is 13.2 Å². The maximum absolute atomic E-state index is 13.7. The summed E-state index contributed by atoms with van der Waals surface area (Å²) in [6.45, 7) is 2.64. The topological polar surface area (TPSA) is 80.3 Å². The van der Waals surface area contributed by atoms with Gasteiger partial charge >= 0.3 is 6.18 Å². The molecule has 8 nitrogen and oxygen atoms in total. The van der Waals surface area contributed by atoms with Crippen LogP contribution in [0.3, 0.4) is 0 Å². The van der Waals surface area contributed by atoms with E-state index in [9.17, 15) is 22.8 Å². The molecular weight excluding hydrogens is 571 g/mol. The number of alkyl halides is 3. The molecule has 0 saturated carbocycles. The first kappa shape index (κ1) is 30.6. The van der Waals surface area contributed by atoms with Crippen molar-refractivity contribution in [1.82, 2.24) is 4.90 Å². The summed E-state index contributed by atoms with van der Waals surface area (Å²) >= 11 is 5.62. The van der Waals surface area contributed by atoms with Crippen molar-refractivity contribution in [2.45, 2.75) is 38.5 Å². The highest BCUT2D eigenvalue weighted by Gasteiger charge is 2.44. The van der Waals surface area contributed by atoms with Gasteiger partial charge in [-0.15, -0.1) is 0 Å². The molecular formula is C30H30F3N3O5S. The van der Waals surface area contributed by atoms with Gasteiger partial charge in [0.15, 0.2) is 16.6 Å². The number of carbonyl (C=O) groups is 2. The van der Waals surface area contributed by atoms with Crippen LogP contribution in [0.5, 0.6) is 17.2 Å². The fourth-order valence-corrected chi connectivity index (χ4v) is 4.88. The smallest absolute Gasteiger partial charge is 0.416 e. The van der Waals surface area contributed by atoms with Crippen molar-refractivity contribution in [3.8, 4) is 17.2 Å². The minimum absolute atomic E-state index is 0.0238. The summed E-state index contributed by atoms with van der Waals surface area (Å²) in [6.07, 6.45) is -4.06. The number of halogens is 3. The largest absolute Gasteiger partial charge is 0.494 e. The second kappa shape index (κ2) is 13.1. The molecule has 1 fully saturated rings. The first-order valence-corrected chi connectivity index (χ1v) is 13.5. The molecule has 1 unspecified atom stereocenters. The molecule has 2 amide bonds. The van der Waals surface area contributed by atoms with Crippen LogP contribution < -0.4 is 24.4 Å². The van der Waals surface area contributed by atoms with E-state index in [-0.39, 0.29) is 23.8 Å². The van der Waals surface area contributed by atoms with Crippen molar-refractivity contribution in [2.75, 3.05) is 31.0 Å². The number of thiocarbonyl (C=S) groups is 1. The molecule has 1 aliphatic rings. The lowest BCUT2D eigenvalue weighted by Gasteiger charge is -2.24. The van der Waals surface area contributed by atoms with Gasteiger partial charge in [0.05, 0.1) is 38.5 Å². The van der Waals surface area contributed by atoms with E-state index in [2.05, 4.69) is 5.32 Å². The summed E-state index contributed by atoms with van der Waals surface area (Å²) in [5, 5.41) is 2.74. The van der Waals surface area contributed by atoms with Gasteiger partial charge in [-0.1, -0.05) is 19.1 Å². The van der Waals surface area contributed by atoms with E-state index < -0.39 is 29.6 Å². The molecule has 12 heteroatoms. The minimum atomic E-state index is -4.61. The van der Waals surface area contributed by atoms with Gasteiger partial charge in [-0.25, -0.2) is 0 Å². The van der Waals surface area contributed by atoms with Crippen molar-refractivity contribution in [3.05, 3.63) is 77.9 Å². The van der Waals surface area contributed by atoms with Crippen molar-refractivity contribution in [1.29, 1.82) is 0 Å². The van der Waals surface area contributed by atoms with Gasteiger partial charge in [-0.3, -0.25) is 14.5 Å². The van der Waals surface area contributed by atoms with E-state index in [1.807, 2.05) is 6.92 Å². The second-order valence-corrected chi connectivity index (χ2v) is 9.83. The van der Waals surface area contributed by atoms with Crippen LogP contribution in [-0.2, 0) is 22.3 Å². The number of methoxy groups -OCH3 is 2. The average molecular weight is 602 g/mol. The molecule has 4 rings (SSSR count). The summed E-state index contributed by atoms with van der Waals surface area (Å²) in [6, 6.07) is 15.2. The highest BCUT2D eigenvalue weighted by molar-refractivity contribution is 7.80. The van der Waals surface area contributed by atoms with Gasteiger partial charge < -0.3 is 24.4 Å². The van der Waals surface area contributed by atoms with Crippen molar-refractivity contribution >= 4 is 40.5 Å². The molecule has 3 aromatic carbocycles. The molecule has 1 saturated heterocycles. The van der Waals surface area contributed by atoms with Gasteiger partial charge in [0.2, 0.25) is 5.91 Å². The molecule has 222 valence electrons. The number of ether oxygens (including phenoxy) is 3. The third-order valence-corrected chi connectivity index (χ3v) is 6.96. The molecule has 3 aromatic rings. The SMILES string of the molecule is CCCOc1ccc(NC(=O)CC2C(=O)N(c3cccc(C(F)(F)F)c3)C(=S)N2Cc2ccc(OC)c(OC)c2)cc1. The Kier molecular flexibility index (Phi) is 9.56. The molecule has 0 radical (unpaired) electrons. The van der Waals surface area contributed by atoms with E-state index in [0.717, 1.165) is 23.5 Å². The van der Waals surface area contributed by atoms with Crippen LogP contribution in [0.2, 0.25) is 0 Å². The number of carbonyl (C=O) groups excluding carboxylic acids is 2. The second-order valence-electron chi connectivity index (χ2n) is 9.46. The Bertz CT molecular complexity index is 1450. The molecule has 1 atom stereocenters. The Hall–Kier alpha value is -4.32. The molecule has 0 spiro atoms. The van der Waals surface area contributed by atoms with Gasteiger partial charge in [0.1, 0.15) is 11.8 Å². The fourth-order valence-electron chi connectivity index (χ4n) is 4.49. The standard InChI is InChI=1S/C30H30F3N3O5S/c1-4-14-41-23-11-9-21(10-12-23)34-27(37)17-24-28(38)36(22-7-5-6-20(16-22)30(31,32)33)29(42)35(24)18-19-8-13-25(39-2)26(15-19)40-3/h5-13,15-16,24H,4,14,17-18H2,1-3H3,(H,34,37). The summed E-state index contributed by atoms with van der Waals surface area (Å²) in [5.41, 5.74) is 0.220. The van der Waals surface area contributed by atoms with Crippen LogP contribution in [0.25, 0.3) is 0 Å². The van der Waals surface area contributed by atoms with Crippen LogP contribution in [-0.4, -0.2) is 48.7 Å². The minimum Gasteiger partial charge on any atom is -0.494 e. The maximum Gasteiger partial charge on any atom is 0.416 e. The summed E-state index contributed by atoms with van der Waals surface area (Å²) in [7, 11) is 2.98. The Morgan fingerprint density at radius 2 is 1.71 bits per heavy atom. The summed E-state index contributed by atoms with van der Waals surface area (Å²) < 4.78 is 56.6. The quantitative estimate of drug-likeness (QED) is 0.269. The van der Waals surface area contributed by atoms with Crippen LogP contribution in [0.1, 0.15) is 30.9 Å². The summed E-state index contributed by atoms with van der Waals surface area (Å²) in [5.74, 6) is 0.514. The first-order chi connectivity index (χ1) is 20.0. The molecule has 0 aromatic heterocycles. The molecule has 1 aliphatic heterocycles. The third kappa shape index (κ3) is 6.93. The van der Waals surface area contributed by atoms with E-state index in [4.69, 9.17) is 26.4 Å². The van der Waals surface area contributed by atoms with Crippen molar-refractivity contribution in [2.24, 2.45) is 0 Å². The van der Waals surface area contributed by atoms with Crippen LogP contribution >= 0.6 is 12.2 Å². The number of amides is 2. The van der Waals surface area contributed by atoms with Gasteiger partial charge in [0.25, 0.3) is 5.91 Å². The van der Waals surface area contributed by atoms with E-state index in [0.29, 0.717) is 35.1 Å². The molecule has 0 bridgehead atoms. The van der Waals surface area contributed by atoms with Gasteiger partial charge in [-0.05, 0) is 78.8 Å². The Morgan fingerprint density at radius 1 is 1.00 bits per heavy atom. The zero-order valence-electron chi connectivity index (χ0n) is 23.2. The number of hydrogen-bond donors (Lipinski definition) is 1. The zero-order valence-corrected chi connectivity index (χ0v) is 24.1. The molecule has 0 aliphatic carbocycles. The Balaban J connectivity index is 1.61. The lowest BCUT2D eigenvalue weighted by atomic mass is 10.1. The lowest BCUT2D eigenvalue weighted by molar-refractivity contribution is -0.137. The van der Waals surface area contributed by atoms with Crippen LogP contribution in [0.15, 0.2) is 66.7 Å². The first-order valence-electron chi connectivity index (χ1n) is 13.1. The normalized spacial score (nSPS) is 15.1. The number of nitrogens with one attached hydrogen (secondary N) is 1. The third-order valence-electron chi connectivity index (χ3n) is 6.54. The summed E-state index contributed by atoms with van der Waals surface area (Å²) in [4.78, 5) is 29.4. The maximum atomic E-state index is 13.7.